The number of rotatable bonds is 12. The van der Waals surface area contributed by atoms with Gasteiger partial charge in [0.05, 0.1) is 0 Å². The van der Waals surface area contributed by atoms with Gasteiger partial charge < -0.3 is 31.9 Å². The molecule has 0 radical (unpaired) electrons. The predicted octanol–water partition coefficient (Wildman–Crippen LogP) is 4.06. The lowest BCUT2D eigenvalue weighted by Gasteiger charge is -2.34. The summed E-state index contributed by atoms with van der Waals surface area (Å²) in [6, 6.07) is -1.37. The van der Waals surface area contributed by atoms with Crippen LogP contribution in [0.15, 0.2) is 48.9 Å². The van der Waals surface area contributed by atoms with Crippen molar-refractivity contribution in [2.45, 2.75) is 105 Å². The second-order valence-electron chi connectivity index (χ2n) is 14.8. The lowest BCUT2D eigenvalue weighted by Crippen LogP contribution is -2.51. The zero-order valence-electron chi connectivity index (χ0n) is 26.9. The van der Waals surface area contributed by atoms with Gasteiger partial charge in [0.15, 0.2) is 0 Å². The average molecular weight is 559 g/mol. The Balaban J connectivity index is 2.43. The summed E-state index contributed by atoms with van der Waals surface area (Å²) in [5.41, 5.74) is 11.7. The van der Waals surface area contributed by atoms with Crippen LogP contribution in [0.25, 0.3) is 0 Å². The lowest BCUT2D eigenvalue weighted by atomic mass is 9.81. The van der Waals surface area contributed by atoms with Crippen molar-refractivity contribution in [2.75, 3.05) is 26.2 Å². The number of hydrogen-bond acceptors (Lipinski definition) is 6. The number of piperazine rings is 1. The Morgan fingerprint density at radius 3 is 1.20 bits per heavy atom. The fourth-order valence-corrected chi connectivity index (χ4v) is 5.49. The van der Waals surface area contributed by atoms with Crippen molar-refractivity contribution in [1.82, 2.24) is 20.4 Å². The first-order valence-electron chi connectivity index (χ1n) is 14.5. The van der Waals surface area contributed by atoms with Gasteiger partial charge in [0, 0.05) is 37.3 Å². The average Bonchev–Trinajstić information content (AvgIpc) is 2.76. The van der Waals surface area contributed by atoms with Crippen LogP contribution in [-0.2, 0) is 9.59 Å². The molecule has 1 fully saturated rings. The molecule has 8 heteroatoms. The molecule has 1 saturated heterocycles. The van der Waals surface area contributed by atoms with E-state index in [2.05, 4.69) is 62.0 Å². The van der Waals surface area contributed by atoms with Crippen molar-refractivity contribution in [1.29, 1.82) is 0 Å². The second-order valence-corrected chi connectivity index (χ2v) is 14.8. The molecule has 0 spiro atoms. The van der Waals surface area contributed by atoms with Crippen molar-refractivity contribution in [3.8, 4) is 0 Å². The minimum absolute atomic E-state index is 0.116. The van der Waals surface area contributed by atoms with Crippen molar-refractivity contribution >= 4 is 11.8 Å². The maximum Gasteiger partial charge on any atom is 0.241 e. The number of amides is 2. The van der Waals surface area contributed by atoms with E-state index in [1.54, 1.807) is 12.2 Å². The van der Waals surface area contributed by atoms with E-state index >= 15 is 0 Å². The number of allylic oxidation sites excluding steroid dienone is 4. The van der Waals surface area contributed by atoms with Gasteiger partial charge in [-0.1, -0.05) is 65.8 Å². The SMILES string of the molecule is CC(C)(C)CC(C)(C)NC(=O)C(N)/C=C/C=C/N1CCN(/C=C/C=C/C(N)C(=O)NC(C)(C)CC(C)(C)C)CC1. The van der Waals surface area contributed by atoms with Crippen molar-refractivity contribution < 1.29 is 9.59 Å². The van der Waals surface area contributed by atoms with E-state index in [1.165, 1.54) is 0 Å². The maximum atomic E-state index is 12.5. The highest BCUT2D eigenvalue weighted by molar-refractivity contribution is 5.84. The van der Waals surface area contributed by atoms with Gasteiger partial charge in [0.25, 0.3) is 0 Å². The Morgan fingerprint density at radius 2 is 0.925 bits per heavy atom. The third kappa shape index (κ3) is 15.9. The molecule has 0 aromatic rings. The minimum atomic E-state index is -0.687. The molecule has 6 N–H and O–H groups in total. The molecule has 2 amide bonds. The first kappa shape index (κ1) is 35.4. The summed E-state index contributed by atoms with van der Waals surface area (Å²) in [7, 11) is 0. The largest absolute Gasteiger partial charge is 0.374 e. The van der Waals surface area contributed by atoms with Crippen LogP contribution in [0.3, 0.4) is 0 Å². The van der Waals surface area contributed by atoms with E-state index in [9.17, 15) is 9.59 Å². The van der Waals surface area contributed by atoms with Gasteiger partial charge >= 0.3 is 0 Å². The molecule has 2 atom stereocenters. The van der Waals surface area contributed by atoms with E-state index in [0.717, 1.165) is 39.0 Å². The molecule has 1 aliphatic rings. The summed E-state index contributed by atoms with van der Waals surface area (Å²) in [5.74, 6) is -0.335. The van der Waals surface area contributed by atoms with E-state index in [-0.39, 0.29) is 33.7 Å². The number of nitrogens with two attached hydrogens (primary N) is 2. The molecule has 8 nitrogen and oxygen atoms in total. The van der Waals surface area contributed by atoms with Gasteiger partial charge in [0.1, 0.15) is 12.1 Å². The highest BCUT2D eigenvalue weighted by Crippen LogP contribution is 2.27. The molecular weight excluding hydrogens is 500 g/mol. The molecular formula is C32H58N6O2. The zero-order valence-corrected chi connectivity index (χ0v) is 26.9. The van der Waals surface area contributed by atoms with E-state index in [1.807, 2.05) is 64.4 Å². The lowest BCUT2D eigenvalue weighted by molar-refractivity contribution is -0.124. The molecule has 0 aliphatic carbocycles. The van der Waals surface area contributed by atoms with Gasteiger partial charge in [0.2, 0.25) is 11.8 Å². The summed E-state index contributed by atoms with van der Waals surface area (Å²) >= 11 is 0. The summed E-state index contributed by atoms with van der Waals surface area (Å²) in [4.78, 5) is 29.5. The smallest absolute Gasteiger partial charge is 0.241 e. The number of carbonyl (C=O) groups is 2. The standard InChI is InChI=1S/C32H58N6O2/c1-29(2,3)23-31(7,8)35-27(39)25(33)15-11-13-17-37-19-21-38(22-20-37)18-14-12-16-26(34)28(40)36-32(9,10)24-30(4,5)6/h11-18,25-26H,19-24,33-34H2,1-10H3,(H,35,39)(H,36,40)/b15-11+,16-12+,17-13+,18-14+. The van der Waals surface area contributed by atoms with Crippen molar-refractivity contribution in [3.63, 3.8) is 0 Å². The fourth-order valence-electron chi connectivity index (χ4n) is 5.49. The van der Waals surface area contributed by atoms with Crippen LogP contribution in [-0.4, -0.2) is 71.0 Å². The van der Waals surface area contributed by atoms with Gasteiger partial charge in [-0.3, -0.25) is 9.59 Å². The Kier molecular flexibility index (Phi) is 13.2. The van der Waals surface area contributed by atoms with Crippen LogP contribution in [0.4, 0.5) is 0 Å². The molecule has 1 aliphatic heterocycles. The molecule has 228 valence electrons. The summed E-state index contributed by atoms with van der Waals surface area (Å²) in [5, 5.41) is 6.13. The number of hydrogen-bond donors (Lipinski definition) is 4. The van der Waals surface area contributed by atoms with Crippen molar-refractivity contribution in [2.24, 2.45) is 22.3 Å². The fraction of sp³-hybridized carbons (Fsp3) is 0.688. The number of nitrogens with zero attached hydrogens (tertiary/aromatic N) is 2. The number of carbonyl (C=O) groups excluding carboxylic acids is 2. The normalized spacial score (nSPS) is 17.8. The summed E-state index contributed by atoms with van der Waals surface area (Å²) in [6.45, 7) is 24.6. The Morgan fingerprint density at radius 1 is 0.625 bits per heavy atom. The molecule has 0 bridgehead atoms. The second kappa shape index (κ2) is 14.9. The third-order valence-electron chi connectivity index (χ3n) is 6.27. The Bertz CT molecular complexity index is 850. The molecule has 0 saturated carbocycles. The highest BCUT2D eigenvalue weighted by atomic mass is 16.2. The molecule has 2 unspecified atom stereocenters. The van der Waals surface area contributed by atoms with Crippen LogP contribution in [0, 0.1) is 10.8 Å². The Hall–Kier alpha value is -2.58. The zero-order chi connectivity index (χ0) is 30.8. The quantitative estimate of drug-likeness (QED) is 0.269. The molecule has 0 aromatic heterocycles. The predicted molar refractivity (Wildman–Crippen MR) is 168 cm³/mol. The molecule has 0 aromatic carbocycles. The van der Waals surface area contributed by atoms with Gasteiger partial charge in [-0.15, -0.1) is 0 Å². The van der Waals surface area contributed by atoms with E-state index in [4.69, 9.17) is 11.5 Å². The Labute approximate surface area is 244 Å². The van der Waals surface area contributed by atoms with Crippen LogP contribution in [0.2, 0.25) is 0 Å². The highest BCUT2D eigenvalue weighted by Gasteiger charge is 2.29. The first-order valence-corrected chi connectivity index (χ1v) is 14.5. The molecule has 1 heterocycles. The first-order chi connectivity index (χ1) is 18.2. The monoisotopic (exact) mass is 558 g/mol. The van der Waals surface area contributed by atoms with Crippen LogP contribution in [0.5, 0.6) is 0 Å². The van der Waals surface area contributed by atoms with Gasteiger partial charge in [-0.25, -0.2) is 0 Å². The van der Waals surface area contributed by atoms with Crippen molar-refractivity contribution in [3.05, 3.63) is 48.9 Å². The van der Waals surface area contributed by atoms with Crippen LogP contribution in [0.1, 0.15) is 82.1 Å². The summed E-state index contributed by atoms with van der Waals surface area (Å²) in [6.07, 6.45) is 16.8. The topological polar surface area (TPSA) is 117 Å². The third-order valence-corrected chi connectivity index (χ3v) is 6.27. The molecule has 1 rings (SSSR count). The number of nitrogens with one attached hydrogen (secondary N) is 2. The minimum Gasteiger partial charge on any atom is -0.374 e. The van der Waals surface area contributed by atoms with E-state index < -0.39 is 12.1 Å². The maximum absolute atomic E-state index is 12.5. The molecule has 40 heavy (non-hydrogen) atoms. The van der Waals surface area contributed by atoms with Crippen LogP contribution < -0.4 is 22.1 Å². The van der Waals surface area contributed by atoms with Gasteiger partial charge in [-0.05, 0) is 75.9 Å². The summed E-state index contributed by atoms with van der Waals surface area (Å²) < 4.78 is 0. The van der Waals surface area contributed by atoms with Gasteiger partial charge in [-0.2, -0.15) is 0 Å². The van der Waals surface area contributed by atoms with E-state index in [0.29, 0.717) is 0 Å². The van der Waals surface area contributed by atoms with Crippen LogP contribution >= 0.6 is 0 Å².